The quantitative estimate of drug-likeness (QED) is 0.374. The van der Waals surface area contributed by atoms with Gasteiger partial charge >= 0.3 is 0 Å². The molecular formula is C17H23ClO. The van der Waals surface area contributed by atoms with Gasteiger partial charge in [-0.1, -0.05) is 43.5 Å². The normalized spacial score (nSPS) is 15.8. The van der Waals surface area contributed by atoms with Crippen molar-refractivity contribution in [2.24, 2.45) is 0 Å². The summed E-state index contributed by atoms with van der Waals surface area (Å²) in [7, 11) is 0. The summed E-state index contributed by atoms with van der Waals surface area (Å²) >= 11 is 5.63. The van der Waals surface area contributed by atoms with Crippen LogP contribution in [-0.2, 0) is 0 Å². The van der Waals surface area contributed by atoms with Crippen molar-refractivity contribution >= 4 is 17.4 Å². The van der Waals surface area contributed by atoms with E-state index in [2.05, 4.69) is 12.1 Å². The van der Waals surface area contributed by atoms with Crippen molar-refractivity contribution < 1.29 is 4.79 Å². The van der Waals surface area contributed by atoms with Crippen LogP contribution >= 0.6 is 11.6 Å². The van der Waals surface area contributed by atoms with Crippen LogP contribution in [0.1, 0.15) is 73.2 Å². The number of hydrogen-bond acceptors (Lipinski definition) is 1. The molecule has 0 heterocycles. The van der Waals surface area contributed by atoms with Crippen molar-refractivity contribution in [3.63, 3.8) is 0 Å². The lowest BCUT2D eigenvalue weighted by Crippen LogP contribution is -2.00. The average Bonchev–Trinajstić information content (AvgIpc) is 2.98. The monoisotopic (exact) mass is 278 g/mol. The van der Waals surface area contributed by atoms with Gasteiger partial charge < -0.3 is 0 Å². The minimum absolute atomic E-state index is 0.271. The van der Waals surface area contributed by atoms with Crippen LogP contribution in [0, 0.1) is 0 Å². The molecule has 2 heteroatoms. The molecule has 104 valence electrons. The molecule has 1 nitrogen and oxygen atoms in total. The first-order chi connectivity index (χ1) is 9.31. The van der Waals surface area contributed by atoms with E-state index in [1.165, 1.54) is 31.2 Å². The van der Waals surface area contributed by atoms with Gasteiger partial charge in [0.1, 0.15) is 0 Å². The Morgan fingerprint density at radius 1 is 1.05 bits per heavy atom. The van der Waals surface area contributed by atoms with Gasteiger partial charge in [-0.05, 0) is 37.2 Å². The maximum atomic E-state index is 12.0. The Morgan fingerprint density at radius 2 is 1.74 bits per heavy atom. The molecule has 2 rings (SSSR count). The third-order valence-electron chi connectivity index (χ3n) is 4.10. The van der Waals surface area contributed by atoms with Crippen molar-refractivity contribution in [1.82, 2.24) is 0 Å². The highest BCUT2D eigenvalue weighted by Gasteiger charge is 2.17. The minimum atomic E-state index is 0.271. The van der Waals surface area contributed by atoms with E-state index in [1.807, 2.05) is 12.1 Å². The molecule has 0 radical (unpaired) electrons. The molecule has 1 aromatic carbocycles. The molecule has 0 aliphatic heterocycles. The largest absolute Gasteiger partial charge is 0.294 e. The summed E-state index contributed by atoms with van der Waals surface area (Å²) in [6.07, 6.45) is 9.00. The van der Waals surface area contributed by atoms with Gasteiger partial charge in [0.25, 0.3) is 0 Å². The van der Waals surface area contributed by atoms with Crippen LogP contribution in [0.15, 0.2) is 24.3 Å². The molecular weight excluding hydrogens is 256 g/mol. The maximum absolute atomic E-state index is 12.0. The van der Waals surface area contributed by atoms with Crippen LogP contribution in [0.25, 0.3) is 0 Å². The van der Waals surface area contributed by atoms with Crippen molar-refractivity contribution in [2.75, 3.05) is 5.88 Å². The molecule has 19 heavy (non-hydrogen) atoms. The third-order valence-corrected chi connectivity index (χ3v) is 4.36. The molecule has 0 N–H and O–H groups in total. The van der Waals surface area contributed by atoms with E-state index >= 15 is 0 Å². The number of Topliss-reactive ketones (excluding diaryl/α,β-unsaturated/α-hetero) is 1. The Bertz CT molecular complexity index is 390. The lowest BCUT2D eigenvalue weighted by atomic mass is 9.95. The highest BCUT2D eigenvalue weighted by Crippen LogP contribution is 2.34. The number of alkyl halides is 1. The molecule has 0 atom stereocenters. The lowest BCUT2D eigenvalue weighted by Gasteiger charge is -2.09. The van der Waals surface area contributed by atoms with Gasteiger partial charge in [0, 0.05) is 17.9 Å². The zero-order chi connectivity index (χ0) is 13.5. The topological polar surface area (TPSA) is 17.1 Å². The van der Waals surface area contributed by atoms with Gasteiger partial charge in [0.05, 0.1) is 0 Å². The fourth-order valence-electron chi connectivity index (χ4n) is 2.90. The van der Waals surface area contributed by atoms with Crippen LogP contribution in [0.4, 0.5) is 0 Å². The van der Waals surface area contributed by atoms with E-state index in [-0.39, 0.29) is 5.78 Å². The molecule has 1 aliphatic rings. The third kappa shape index (κ3) is 4.35. The number of halogens is 1. The molecule has 0 saturated heterocycles. The van der Waals surface area contributed by atoms with Gasteiger partial charge in [0.15, 0.2) is 5.78 Å². The summed E-state index contributed by atoms with van der Waals surface area (Å²) in [6, 6.07) is 8.33. The summed E-state index contributed by atoms with van der Waals surface area (Å²) in [5.74, 6) is 1.70. The Kier molecular flexibility index (Phi) is 5.91. The average molecular weight is 279 g/mol. The van der Waals surface area contributed by atoms with E-state index in [4.69, 9.17) is 11.6 Å². The highest BCUT2D eigenvalue weighted by molar-refractivity contribution is 6.17. The zero-order valence-electron chi connectivity index (χ0n) is 11.5. The summed E-state index contributed by atoms with van der Waals surface area (Å²) in [5, 5.41) is 0. The van der Waals surface area contributed by atoms with Crippen LogP contribution in [0.5, 0.6) is 0 Å². The van der Waals surface area contributed by atoms with Gasteiger partial charge in [0.2, 0.25) is 0 Å². The number of unbranched alkanes of at least 4 members (excludes halogenated alkanes) is 2. The number of carbonyl (C=O) groups excluding carboxylic acids is 1. The van der Waals surface area contributed by atoms with Crippen molar-refractivity contribution in [1.29, 1.82) is 0 Å². The summed E-state index contributed by atoms with van der Waals surface area (Å²) in [6.45, 7) is 0. The van der Waals surface area contributed by atoms with Crippen molar-refractivity contribution in [3.8, 4) is 0 Å². The first-order valence-corrected chi connectivity index (χ1v) is 8.04. The van der Waals surface area contributed by atoms with Crippen LogP contribution in [0.2, 0.25) is 0 Å². The second-order valence-corrected chi connectivity index (χ2v) is 5.90. The smallest absolute Gasteiger partial charge is 0.162 e. The number of ketones is 1. The predicted octanol–water partition coefficient (Wildman–Crippen LogP) is 5.33. The Balaban J connectivity index is 1.85. The molecule has 0 amide bonds. The van der Waals surface area contributed by atoms with Gasteiger partial charge in [-0.2, -0.15) is 0 Å². The van der Waals surface area contributed by atoms with Crippen LogP contribution < -0.4 is 0 Å². The Hall–Kier alpha value is -0.820. The summed E-state index contributed by atoms with van der Waals surface area (Å²) in [5.41, 5.74) is 2.28. The SMILES string of the molecule is O=C(CCCCCCl)c1ccc(C2CCCC2)cc1. The summed E-state index contributed by atoms with van der Waals surface area (Å²) in [4.78, 5) is 12.0. The maximum Gasteiger partial charge on any atom is 0.162 e. The van der Waals surface area contributed by atoms with E-state index in [0.29, 0.717) is 12.3 Å². The minimum Gasteiger partial charge on any atom is -0.294 e. The fraction of sp³-hybridized carbons (Fsp3) is 0.588. The second kappa shape index (κ2) is 7.69. The zero-order valence-corrected chi connectivity index (χ0v) is 12.3. The lowest BCUT2D eigenvalue weighted by molar-refractivity contribution is 0.0979. The molecule has 1 fully saturated rings. The van der Waals surface area contributed by atoms with Crippen molar-refractivity contribution in [3.05, 3.63) is 35.4 Å². The second-order valence-electron chi connectivity index (χ2n) is 5.53. The molecule has 1 aromatic rings. The highest BCUT2D eigenvalue weighted by atomic mass is 35.5. The van der Waals surface area contributed by atoms with E-state index in [1.54, 1.807) is 0 Å². The molecule has 1 aliphatic carbocycles. The van der Waals surface area contributed by atoms with Crippen LogP contribution in [0.3, 0.4) is 0 Å². The predicted molar refractivity (Wildman–Crippen MR) is 81.2 cm³/mol. The first kappa shape index (κ1) is 14.6. The number of benzene rings is 1. The molecule has 0 unspecified atom stereocenters. The molecule has 0 spiro atoms. The van der Waals surface area contributed by atoms with Crippen LogP contribution in [-0.4, -0.2) is 11.7 Å². The summed E-state index contributed by atoms with van der Waals surface area (Å²) < 4.78 is 0. The standard InChI is InChI=1S/C17H23ClO/c18-13-5-1-2-8-17(19)16-11-9-15(10-12-16)14-6-3-4-7-14/h9-12,14H,1-8,13H2. The van der Waals surface area contributed by atoms with E-state index < -0.39 is 0 Å². The molecule has 0 bridgehead atoms. The molecule has 0 aromatic heterocycles. The van der Waals surface area contributed by atoms with E-state index in [0.717, 1.165) is 30.7 Å². The first-order valence-electron chi connectivity index (χ1n) is 7.50. The number of hydrogen-bond donors (Lipinski definition) is 0. The van der Waals surface area contributed by atoms with E-state index in [9.17, 15) is 4.79 Å². The Labute approximate surface area is 121 Å². The number of carbonyl (C=O) groups is 1. The fourth-order valence-corrected chi connectivity index (χ4v) is 3.09. The molecule has 1 saturated carbocycles. The van der Waals surface area contributed by atoms with Crippen molar-refractivity contribution in [2.45, 2.75) is 57.3 Å². The Morgan fingerprint density at radius 3 is 2.37 bits per heavy atom. The van der Waals surface area contributed by atoms with Gasteiger partial charge in [-0.15, -0.1) is 11.6 Å². The number of rotatable bonds is 7. The van der Waals surface area contributed by atoms with Gasteiger partial charge in [-0.25, -0.2) is 0 Å². The van der Waals surface area contributed by atoms with Gasteiger partial charge in [-0.3, -0.25) is 4.79 Å².